The fourth-order valence-electron chi connectivity index (χ4n) is 10.9. The maximum atomic E-state index is 13.0. The van der Waals surface area contributed by atoms with Crippen LogP contribution in [0.5, 0.6) is 0 Å². The highest BCUT2D eigenvalue weighted by molar-refractivity contribution is 7.45. The third kappa shape index (κ3) is 64.4. The van der Waals surface area contributed by atoms with Crippen molar-refractivity contribution in [1.82, 2.24) is 5.32 Å². The maximum Gasteiger partial charge on any atom is 0.268 e. The molecule has 0 saturated carbocycles. The number of allylic oxidation sites excluding steroid dienone is 3. The van der Waals surface area contributed by atoms with Gasteiger partial charge < -0.3 is 28.8 Å². The predicted molar refractivity (Wildman–Crippen MR) is 344 cm³/mol. The van der Waals surface area contributed by atoms with Crippen molar-refractivity contribution >= 4 is 13.7 Å². The van der Waals surface area contributed by atoms with Gasteiger partial charge in [0.15, 0.2) is 0 Å². The number of amides is 1. The summed E-state index contributed by atoms with van der Waals surface area (Å²) in [6.07, 6.45) is 80.4. The van der Waals surface area contributed by atoms with Crippen LogP contribution in [0.4, 0.5) is 0 Å². The number of nitrogens with one attached hydrogen (secondary N) is 1. The molecule has 0 aromatic rings. The van der Waals surface area contributed by atoms with Crippen LogP contribution in [0.15, 0.2) is 24.3 Å². The first kappa shape index (κ1) is 78.0. The van der Waals surface area contributed by atoms with Crippen LogP contribution in [0.25, 0.3) is 0 Å². The number of aliphatic hydroxyl groups is 1. The van der Waals surface area contributed by atoms with E-state index < -0.39 is 20.0 Å². The molecular weight excluding hydrogens is 996 g/mol. The number of phosphoric acid groups is 1. The molecule has 0 aromatic carbocycles. The number of aliphatic hydroxyl groups excluding tert-OH is 1. The van der Waals surface area contributed by atoms with Gasteiger partial charge in [-0.3, -0.25) is 9.36 Å². The first-order chi connectivity index (χ1) is 38.5. The molecule has 470 valence electrons. The maximum absolute atomic E-state index is 13.0. The van der Waals surface area contributed by atoms with Crippen LogP contribution >= 0.6 is 7.82 Å². The largest absolute Gasteiger partial charge is 0.756 e. The van der Waals surface area contributed by atoms with Crippen molar-refractivity contribution in [2.24, 2.45) is 0 Å². The normalized spacial score (nSPS) is 13.8. The molecule has 79 heavy (non-hydrogen) atoms. The van der Waals surface area contributed by atoms with E-state index in [0.717, 1.165) is 38.5 Å². The van der Waals surface area contributed by atoms with Crippen LogP contribution in [-0.4, -0.2) is 68.5 Å². The minimum Gasteiger partial charge on any atom is -0.756 e. The number of unbranched alkanes of at least 4 members (excludes halogenated alkanes) is 51. The average Bonchev–Trinajstić information content (AvgIpc) is 3.42. The van der Waals surface area contributed by atoms with Crippen molar-refractivity contribution in [1.29, 1.82) is 0 Å². The second-order valence-electron chi connectivity index (χ2n) is 25.6. The second-order valence-corrected chi connectivity index (χ2v) is 27.0. The Morgan fingerprint density at radius 2 is 0.709 bits per heavy atom. The molecule has 0 aromatic heterocycles. The summed E-state index contributed by atoms with van der Waals surface area (Å²) in [4.78, 5) is 25.6. The highest BCUT2D eigenvalue weighted by Crippen LogP contribution is 2.38. The lowest BCUT2D eigenvalue weighted by Crippen LogP contribution is -2.45. The zero-order valence-corrected chi connectivity index (χ0v) is 54.8. The number of phosphoric ester groups is 1. The molecule has 0 rings (SSSR count). The molecule has 0 radical (unpaired) electrons. The molecule has 3 unspecified atom stereocenters. The molecule has 0 saturated heterocycles. The van der Waals surface area contributed by atoms with E-state index in [2.05, 4.69) is 31.3 Å². The second kappa shape index (κ2) is 61.5. The third-order valence-corrected chi connectivity index (χ3v) is 17.4. The summed E-state index contributed by atoms with van der Waals surface area (Å²) >= 11 is 0. The van der Waals surface area contributed by atoms with Crippen molar-refractivity contribution in [3.05, 3.63) is 24.3 Å². The Bertz CT molecular complexity index is 1340. The molecule has 0 aliphatic rings. The van der Waals surface area contributed by atoms with Crippen LogP contribution in [0.3, 0.4) is 0 Å². The van der Waals surface area contributed by atoms with Crippen molar-refractivity contribution in [2.75, 3.05) is 40.9 Å². The van der Waals surface area contributed by atoms with Gasteiger partial charge in [-0.05, 0) is 32.1 Å². The zero-order chi connectivity index (χ0) is 57.7. The Balaban J connectivity index is 3.95. The SMILES string of the molecule is CCCCCCCCCCCCCCCC/C=C/CC/C=C/C(O)C(COP(=O)([O-])OCC[N+](C)(C)C)NC(=O)CCCCCCCCCCCCCCCCCCCCCCCCCCCCCCCCCCCCCCC. The van der Waals surface area contributed by atoms with Gasteiger partial charge >= 0.3 is 0 Å². The lowest BCUT2D eigenvalue weighted by molar-refractivity contribution is -0.870. The lowest BCUT2D eigenvalue weighted by atomic mass is 10.0. The van der Waals surface area contributed by atoms with Gasteiger partial charge in [-0.2, -0.15) is 0 Å². The Morgan fingerprint density at radius 1 is 0.430 bits per heavy atom. The molecule has 0 heterocycles. The summed E-state index contributed by atoms with van der Waals surface area (Å²) in [5.74, 6) is -0.199. The summed E-state index contributed by atoms with van der Waals surface area (Å²) in [7, 11) is 1.26. The van der Waals surface area contributed by atoms with Crippen molar-refractivity contribution in [3.63, 3.8) is 0 Å². The number of nitrogens with zero attached hydrogens (tertiary/aromatic N) is 1. The van der Waals surface area contributed by atoms with Gasteiger partial charge in [0.05, 0.1) is 39.9 Å². The van der Waals surface area contributed by atoms with E-state index in [4.69, 9.17) is 9.05 Å². The van der Waals surface area contributed by atoms with Crippen LogP contribution < -0.4 is 10.2 Å². The number of carbonyl (C=O) groups excluding carboxylic acids is 1. The fraction of sp³-hybridized carbons (Fsp3) is 0.929. The Labute approximate surface area is 494 Å². The van der Waals surface area contributed by atoms with Gasteiger partial charge in [0, 0.05) is 6.42 Å². The molecule has 8 nitrogen and oxygen atoms in total. The number of quaternary nitrogens is 1. The molecule has 2 N–H and O–H groups in total. The molecule has 0 fully saturated rings. The lowest BCUT2D eigenvalue weighted by Gasteiger charge is -2.29. The van der Waals surface area contributed by atoms with E-state index in [1.165, 1.54) is 308 Å². The third-order valence-electron chi connectivity index (χ3n) is 16.4. The fourth-order valence-corrected chi connectivity index (χ4v) is 11.7. The molecular formula is C70H139N2O6P. The number of likely N-dealkylation sites (N-methyl/N-ethyl adjacent to an activating group) is 1. The first-order valence-corrected chi connectivity index (χ1v) is 36.7. The topological polar surface area (TPSA) is 108 Å². The highest BCUT2D eigenvalue weighted by atomic mass is 31.2. The van der Waals surface area contributed by atoms with Crippen molar-refractivity contribution < 1.29 is 32.9 Å². The summed E-state index contributed by atoms with van der Waals surface area (Å²) in [5.41, 5.74) is 0. The summed E-state index contributed by atoms with van der Waals surface area (Å²) in [6, 6.07) is -0.901. The van der Waals surface area contributed by atoms with E-state index in [0.29, 0.717) is 17.4 Å². The molecule has 1 amide bonds. The van der Waals surface area contributed by atoms with Gasteiger partial charge in [0.25, 0.3) is 7.82 Å². The molecule has 3 atom stereocenters. The van der Waals surface area contributed by atoms with E-state index in [9.17, 15) is 19.4 Å². The molecule has 0 aliphatic heterocycles. The van der Waals surface area contributed by atoms with Gasteiger partial charge in [-0.25, -0.2) is 0 Å². The Hall–Kier alpha value is -1.02. The average molecular weight is 1140 g/mol. The Morgan fingerprint density at radius 3 is 1.03 bits per heavy atom. The summed E-state index contributed by atoms with van der Waals surface area (Å²) in [6.45, 7) is 4.69. The number of hydrogen-bond donors (Lipinski definition) is 2. The van der Waals surface area contributed by atoms with Gasteiger partial charge in [0.2, 0.25) is 5.91 Å². The molecule has 0 spiro atoms. The van der Waals surface area contributed by atoms with E-state index >= 15 is 0 Å². The Kier molecular flexibility index (Phi) is 60.7. The predicted octanol–water partition coefficient (Wildman–Crippen LogP) is 21.6. The molecule has 9 heteroatoms. The summed E-state index contributed by atoms with van der Waals surface area (Å²) in [5, 5.41) is 13.9. The molecule has 0 aliphatic carbocycles. The zero-order valence-electron chi connectivity index (χ0n) is 53.9. The van der Waals surface area contributed by atoms with Crippen LogP contribution in [0.2, 0.25) is 0 Å². The number of carbonyl (C=O) groups is 1. The number of rotatable bonds is 66. The number of hydrogen-bond acceptors (Lipinski definition) is 6. The van der Waals surface area contributed by atoms with Crippen LogP contribution in [0, 0.1) is 0 Å². The van der Waals surface area contributed by atoms with Gasteiger partial charge in [-0.15, -0.1) is 0 Å². The van der Waals surface area contributed by atoms with E-state index in [1.807, 2.05) is 27.2 Å². The van der Waals surface area contributed by atoms with E-state index in [-0.39, 0.29) is 19.1 Å². The van der Waals surface area contributed by atoms with Gasteiger partial charge in [-0.1, -0.05) is 353 Å². The summed E-state index contributed by atoms with van der Waals surface area (Å²) < 4.78 is 23.4. The first-order valence-electron chi connectivity index (χ1n) is 35.2. The minimum atomic E-state index is -4.61. The van der Waals surface area contributed by atoms with Crippen molar-refractivity contribution in [3.8, 4) is 0 Å². The van der Waals surface area contributed by atoms with Crippen LogP contribution in [0.1, 0.15) is 367 Å². The minimum absolute atomic E-state index is 0.00352. The standard InChI is InChI=1S/C70H139N2O6P/c1-6-8-10-12-14-16-18-20-22-24-26-28-29-30-31-32-33-34-35-36-37-38-39-40-41-42-43-44-46-48-50-52-54-56-58-60-62-64-70(74)71-68(67-78-79(75,76)77-66-65-72(3,4)5)69(73)63-61-59-57-55-53-51-49-47-45-27-25-23-21-19-17-15-13-11-9-7-2/h53,55,61,63,68-69,73H,6-52,54,56-60,62,64-67H2,1-5H3,(H-,71,74,75,76)/b55-53+,63-61+. The highest BCUT2D eigenvalue weighted by Gasteiger charge is 2.23. The van der Waals surface area contributed by atoms with E-state index in [1.54, 1.807) is 6.08 Å². The van der Waals surface area contributed by atoms with Crippen molar-refractivity contribution in [2.45, 2.75) is 379 Å². The smallest absolute Gasteiger partial charge is 0.268 e. The quantitative estimate of drug-likeness (QED) is 0.0272. The van der Waals surface area contributed by atoms with Crippen LogP contribution in [-0.2, 0) is 18.4 Å². The van der Waals surface area contributed by atoms with Gasteiger partial charge in [0.1, 0.15) is 13.2 Å². The molecule has 0 bridgehead atoms. The monoisotopic (exact) mass is 1140 g/mol.